The lowest BCUT2D eigenvalue weighted by Crippen LogP contribution is -2.34. The topological polar surface area (TPSA) is 84.9 Å². The van der Waals surface area contributed by atoms with Crippen molar-refractivity contribution in [3.63, 3.8) is 0 Å². The van der Waals surface area contributed by atoms with Gasteiger partial charge in [-0.25, -0.2) is 8.42 Å². The van der Waals surface area contributed by atoms with Crippen LogP contribution in [0.15, 0.2) is 47.4 Å². The largest absolute Gasteiger partial charge is 0.448 e. The van der Waals surface area contributed by atoms with Crippen LogP contribution in [-0.4, -0.2) is 37.5 Å². The number of amides is 1. The molecule has 5 rings (SSSR count). The number of carbonyl (C=O) groups excluding carboxylic acids is 1. The van der Waals surface area contributed by atoms with E-state index in [9.17, 15) is 13.2 Å². The summed E-state index contributed by atoms with van der Waals surface area (Å²) in [6.45, 7) is 1.10. The molecule has 1 saturated carbocycles. The van der Waals surface area contributed by atoms with E-state index in [-0.39, 0.29) is 10.8 Å². The van der Waals surface area contributed by atoms with E-state index in [2.05, 4.69) is 5.32 Å². The number of benzene rings is 2. The SMILES string of the molecule is O=C(Nc1ccc2c(c1)OC1(CCCC1)O2)c1ccc(S(=O)(=O)N2CCCC2)cc1. The molecule has 0 bridgehead atoms. The van der Waals surface area contributed by atoms with E-state index >= 15 is 0 Å². The number of ether oxygens (including phenoxy) is 2. The third-order valence-electron chi connectivity index (χ3n) is 5.98. The van der Waals surface area contributed by atoms with Crippen molar-refractivity contribution >= 4 is 21.6 Å². The molecule has 2 fully saturated rings. The Kier molecular flexibility index (Phi) is 4.71. The van der Waals surface area contributed by atoms with Gasteiger partial charge >= 0.3 is 0 Å². The molecule has 2 heterocycles. The van der Waals surface area contributed by atoms with E-state index in [0.29, 0.717) is 35.8 Å². The minimum atomic E-state index is -3.49. The summed E-state index contributed by atoms with van der Waals surface area (Å²) in [5, 5.41) is 2.85. The molecule has 0 atom stereocenters. The van der Waals surface area contributed by atoms with Gasteiger partial charge in [0, 0.05) is 43.2 Å². The Bertz CT molecular complexity index is 1070. The van der Waals surface area contributed by atoms with Gasteiger partial charge in [0.1, 0.15) is 0 Å². The van der Waals surface area contributed by atoms with Gasteiger partial charge in [0.05, 0.1) is 4.90 Å². The van der Waals surface area contributed by atoms with E-state index in [1.54, 1.807) is 24.3 Å². The van der Waals surface area contributed by atoms with Crippen LogP contribution in [0.2, 0.25) is 0 Å². The normalized spacial score (nSPS) is 20.0. The fraction of sp³-hybridized carbons (Fsp3) is 0.409. The number of rotatable bonds is 4. The highest BCUT2D eigenvalue weighted by atomic mass is 32.2. The highest BCUT2D eigenvalue weighted by Gasteiger charge is 2.44. The van der Waals surface area contributed by atoms with Crippen LogP contribution in [0.25, 0.3) is 0 Å². The van der Waals surface area contributed by atoms with Crippen LogP contribution in [0.3, 0.4) is 0 Å². The summed E-state index contributed by atoms with van der Waals surface area (Å²) in [5.41, 5.74) is 0.992. The lowest BCUT2D eigenvalue weighted by Gasteiger charge is -2.21. The van der Waals surface area contributed by atoms with E-state index in [1.807, 2.05) is 6.07 Å². The molecule has 1 spiro atoms. The molecule has 0 unspecified atom stereocenters. The Morgan fingerprint density at radius 2 is 1.57 bits per heavy atom. The van der Waals surface area contributed by atoms with Gasteiger partial charge in [-0.15, -0.1) is 0 Å². The van der Waals surface area contributed by atoms with Crippen molar-refractivity contribution in [2.45, 2.75) is 49.2 Å². The second-order valence-corrected chi connectivity index (χ2v) is 10.0. The molecule has 1 saturated heterocycles. The quantitative estimate of drug-likeness (QED) is 0.801. The first kappa shape index (κ1) is 19.4. The average molecular weight is 429 g/mol. The van der Waals surface area contributed by atoms with E-state index < -0.39 is 15.8 Å². The molecule has 0 radical (unpaired) electrons. The fourth-order valence-corrected chi connectivity index (χ4v) is 5.87. The Labute approximate surface area is 176 Å². The summed E-state index contributed by atoms with van der Waals surface area (Å²) in [6, 6.07) is 11.4. The van der Waals surface area contributed by atoms with Crippen molar-refractivity contribution in [3.8, 4) is 11.5 Å². The van der Waals surface area contributed by atoms with Crippen LogP contribution in [-0.2, 0) is 10.0 Å². The molecule has 1 amide bonds. The van der Waals surface area contributed by atoms with Gasteiger partial charge in [0.15, 0.2) is 11.5 Å². The predicted molar refractivity (Wildman–Crippen MR) is 111 cm³/mol. The minimum absolute atomic E-state index is 0.214. The lowest BCUT2D eigenvalue weighted by molar-refractivity contribution is -0.0716. The number of fused-ring (bicyclic) bond motifs is 1. The maximum absolute atomic E-state index is 12.6. The van der Waals surface area contributed by atoms with Crippen LogP contribution in [0.1, 0.15) is 48.9 Å². The molecule has 2 aromatic rings. The summed E-state index contributed by atoms with van der Waals surface area (Å²) in [6.07, 6.45) is 5.68. The predicted octanol–water partition coefficient (Wildman–Crippen LogP) is 3.76. The van der Waals surface area contributed by atoms with Gasteiger partial charge in [0.2, 0.25) is 10.0 Å². The first-order valence-electron chi connectivity index (χ1n) is 10.4. The van der Waals surface area contributed by atoms with Gasteiger partial charge in [0.25, 0.3) is 11.7 Å². The van der Waals surface area contributed by atoms with Crippen molar-refractivity contribution in [2.24, 2.45) is 0 Å². The average Bonchev–Trinajstić information content (AvgIpc) is 3.49. The molecule has 158 valence electrons. The molecule has 3 aliphatic rings. The van der Waals surface area contributed by atoms with Gasteiger partial charge in [-0.1, -0.05) is 0 Å². The number of nitrogens with one attached hydrogen (secondary N) is 1. The molecule has 2 aliphatic heterocycles. The zero-order valence-electron chi connectivity index (χ0n) is 16.6. The Hall–Kier alpha value is -2.58. The van der Waals surface area contributed by atoms with Crippen LogP contribution in [0, 0.1) is 0 Å². The zero-order valence-corrected chi connectivity index (χ0v) is 17.4. The zero-order chi connectivity index (χ0) is 20.8. The van der Waals surface area contributed by atoms with Crippen LogP contribution < -0.4 is 14.8 Å². The molecule has 1 N–H and O–H groups in total. The smallest absolute Gasteiger partial charge is 0.255 e. The molecule has 0 aromatic heterocycles. The number of sulfonamides is 1. The van der Waals surface area contributed by atoms with Crippen molar-refractivity contribution < 1.29 is 22.7 Å². The first-order chi connectivity index (χ1) is 14.5. The highest BCUT2D eigenvalue weighted by molar-refractivity contribution is 7.89. The Balaban J connectivity index is 1.28. The van der Waals surface area contributed by atoms with Crippen molar-refractivity contribution in [1.82, 2.24) is 4.31 Å². The highest BCUT2D eigenvalue weighted by Crippen LogP contribution is 2.47. The van der Waals surface area contributed by atoms with E-state index in [4.69, 9.17) is 9.47 Å². The van der Waals surface area contributed by atoms with Crippen LogP contribution in [0.4, 0.5) is 5.69 Å². The van der Waals surface area contributed by atoms with Crippen LogP contribution >= 0.6 is 0 Å². The number of nitrogens with zero attached hydrogens (tertiary/aromatic N) is 1. The number of carbonyl (C=O) groups is 1. The Morgan fingerprint density at radius 1 is 0.900 bits per heavy atom. The maximum atomic E-state index is 12.6. The van der Waals surface area contributed by atoms with Crippen molar-refractivity contribution in [1.29, 1.82) is 0 Å². The third kappa shape index (κ3) is 3.44. The van der Waals surface area contributed by atoms with Crippen molar-refractivity contribution in [2.75, 3.05) is 18.4 Å². The Morgan fingerprint density at radius 3 is 2.27 bits per heavy atom. The molecular formula is C22H24N2O5S. The second kappa shape index (κ2) is 7.28. The second-order valence-electron chi connectivity index (χ2n) is 8.07. The molecule has 30 heavy (non-hydrogen) atoms. The molecule has 8 heteroatoms. The molecule has 2 aromatic carbocycles. The molecule has 7 nitrogen and oxygen atoms in total. The lowest BCUT2D eigenvalue weighted by atomic mass is 10.2. The first-order valence-corrected chi connectivity index (χ1v) is 11.8. The standard InChI is InChI=1S/C22H24N2O5S/c25-21(16-5-8-18(9-6-16)30(26,27)24-13-3-4-14-24)23-17-7-10-19-20(15-17)29-22(28-19)11-1-2-12-22/h5-10,15H,1-4,11-14H2,(H,23,25). The van der Waals surface area contributed by atoms with Gasteiger partial charge in [-0.05, 0) is 62.1 Å². The number of hydrogen-bond acceptors (Lipinski definition) is 5. The number of anilines is 1. The minimum Gasteiger partial charge on any atom is -0.448 e. The summed E-state index contributed by atoms with van der Waals surface area (Å²) in [4.78, 5) is 12.9. The third-order valence-corrected chi connectivity index (χ3v) is 7.89. The monoisotopic (exact) mass is 428 g/mol. The van der Waals surface area contributed by atoms with Gasteiger partial charge in [-0.2, -0.15) is 4.31 Å². The van der Waals surface area contributed by atoms with Crippen molar-refractivity contribution in [3.05, 3.63) is 48.0 Å². The number of hydrogen-bond donors (Lipinski definition) is 1. The van der Waals surface area contributed by atoms with Gasteiger partial charge in [-0.3, -0.25) is 4.79 Å². The maximum Gasteiger partial charge on any atom is 0.255 e. The summed E-state index contributed by atoms with van der Waals surface area (Å²) in [7, 11) is -3.49. The summed E-state index contributed by atoms with van der Waals surface area (Å²) < 4.78 is 38.8. The van der Waals surface area contributed by atoms with Crippen LogP contribution in [0.5, 0.6) is 11.5 Å². The fourth-order valence-electron chi connectivity index (χ4n) is 4.35. The molecular weight excluding hydrogens is 404 g/mol. The van der Waals surface area contributed by atoms with E-state index in [0.717, 1.165) is 38.5 Å². The summed E-state index contributed by atoms with van der Waals surface area (Å²) >= 11 is 0. The van der Waals surface area contributed by atoms with E-state index in [1.165, 1.54) is 16.4 Å². The molecule has 1 aliphatic carbocycles. The van der Waals surface area contributed by atoms with Gasteiger partial charge < -0.3 is 14.8 Å². The summed E-state index contributed by atoms with van der Waals surface area (Å²) in [5.74, 6) is 0.490.